The van der Waals surface area contributed by atoms with Crippen LogP contribution in [0.5, 0.6) is 0 Å². The van der Waals surface area contributed by atoms with Crippen molar-refractivity contribution in [3.63, 3.8) is 0 Å². The Balaban J connectivity index is 1.72. The van der Waals surface area contributed by atoms with Crippen LogP contribution in [0.15, 0.2) is 12.1 Å². The van der Waals surface area contributed by atoms with Crippen LogP contribution in [0.1, 0.15) is 56.4 Å². The highest BCUT2D eigenvalue weighted by Gasteiger charge is 2.58. The Morgan fingerprint density at radius 3 is 2.45 bits per heavy atom. The number of thiophene rings is 1. The molecule has 1 N–H and O–H groups in total. The molecule has 0 aliphatic heterocycles. The van der Waals surface area contributed by atoms with E-state index in [1.807, 2.05) is 0 Å². The maximum Gasteiger partial charge on any atom is 0.0931 e. The molecule has 1 aromatic heterocycles. The molecular formula is C17H24ClNS. The quantitative estimate of drug-likeness (QED) is 0.802. The van der Waals surface area contributed by atoms with Gasteiger partial charge in [0.25, 0.3) is 0 Å². The fourth-order valence-corrected chi connectivity index (χ4v) is 7.68. The van der Waals surface area contributed by atoms with Gasteiger partial charge in [0.2, 0.25) is 0 Å². The minimum absolute atomic E-state index is 0.488. The normalized spacial score (nSPS) is 44.0. The van der Waals surface area contributed by atoms with E-state index in [2.05, 4.69) is 31.4 Å². The summed E-state index contributed by atoms with van der Waals surface area (Å²) >= 11 is 7.96. The SMILES string of the molecule is CNC(c1ccc(Cl)s1)C12CC3CC(CC(C)(C3)C1)C2. The lowest BCUT2D eigenvalue weighted by molar-refractivity contribution is -0.117. The fraction of sp³-hybridized carbons (Fsp3) is 0.765. The summed E-state index contributed by atoms with van der Waals surface area (Å²) in [6.45, 7) is 2.55. The van der Waals surface area contributed by atoms with E-state index in [0.717, 1.165) is 16.2 Å². The molecule has 4 aliphatic rings. The van der Waals surface area contributed by atoms with Gasteiger partial charge in [-0.1, -0.05) is 18.5 Å². The van der Waals surface area contributed by atoms with E-state index in [9.17, 15) is 0 Å². The Morgan fingerprint density at radius 1 is 1.25 bits per heavy atom. The molecule has 5 rings (SSSR count). The number of hydrogen-bond donors (Lipinski definition) is 1. The second-order valence-corrected chi connectivity index (χ2v) is 9.74. The Hall–Kier alpha value is -0.0500. The van der Waals surface area contributed by atoms with Crippen molar-refractivity contribution in [3.05, 3.63) is 21.3 Å². The molecule has 4 fully saturated rings. The summed E-state index contributed by atoms with van der Waals surface area (Å²) in [4.78, 5) is 1.45. The van der Waals surface area contributed by atoms with Gasteiger partial charge in [-0.2, -0.15) is 0 Å². The molecule has 4 aliphatic carbocycles. The highest BCUT2D eigenvalue weighted by molar-refractivity contribution is 7.16. The zero-order chi connectivity index (χ0) is 14.0. The Morgan fingerprint density at radius 2 is 1.95 bits per heavy atom. The largest absolute Gasteiger partial charge is 0.312 e. The van der Waals surface area contributed by atoms with Gasteiger partial charge in [0.1, 0.15) is 0 Å². The molecule has 0 spiro atoms. The van der Waals surface area contributed by atoms with Crippen LogP contribution in [0.25, 0.3) is 0 Å². The molecule has 110 valence electrons. The summed E-state index contributed by atoms with van der Waals surface area (Å²) in [5.74, 6) is 1.96. The van der Waals surface area contributed by atoms with Gasteiger partial charge in [-0.05, 0) is 80.4 Å². The lowest BCUT2D eigenvalue weighted by Crippen LogP contribution is -2.54. The third-order valence-electron chi connectivity index (χ3n) is 6.18. The molecule has 1 heterocycles. The Bertz CT molecular complexity index is 509. The van der Waals surface area contributed by atoms with Gasteiger partial charge in [0.15, 0.2) is 0 Å². The number of nitrogens with one attached hydrogen (secondary N) is 1. The van der Waals surface area contributed by atoms with E-state index in [1.165, 1.54) is 43.4 Å². The summed E-state index contributed by atoms with van der Waals surface area (Å²) in [5.41, 5.74) is 1.10. The first-order chi connectivity index (χ1) is 9.52. The maximum atomic E-state index is 6.19. The molecule has 3 heteroatoms. The highest BCUT2D eigenvalue weighted by atomic mass is 35.5. The standard InChI is InChI=1S/C17H24ClNS/c1-16-6-11-5-12(7-16)9-17(8-11,10-16)15(19-2)13-3-4-14(18)20-13/h3-4,11-12,15,19H,5-10H2,1-2H3. The zero-order valence-electron chi connectivity index (χ0n) is 12.4. The average molecular weight is 310 g/mol. The minimum atomic E-state index is 0.488. The van der Waals surface area contributed by atoms with Crippen LogP contribution in [-0.4, -0.2) is 7.05 Å². The second-order valence-electron chi connectivity index (χ2n) is 8.00. The van der Waals surface area contributed by atoms with Crippen LogP contribution in [0.2, 0.25) is 4.34 Å². The van der Waals surface area contributed by atoms with Crippen LogP contribution in [0.3, 0.4) is 0 Å². The van der Waals surface area contributed by atoms with Gasteiger partial charge in [0.05, 0.1) is 4.34 Å². The molecule has 4 bridgehead atoms. The molecule has 1 aromatic rings. The zero-order valence-corrected chi connectivity index (χ0v) is 14.0. The van der Waals surface area contributed by atoms with Crippen molar-refractivity contribution in [1.29, 1.82) is 0 Å². The van der Waals surface area contributed by atoms with Crippen molar-refractivity contribution in [2.24, 2.45) is 22.7 Å². The first-order valence-electron chi connectivity index (χ1n) is 7.94. The molecule has 0 radical (unpaired) electrons. The van der Waals surface area contributed by atoms with Gasteiger partial charge in [-0.3, -0.25) is 0 Å². The molecule has 0 saturated heterocycles. The third kappa shape index (κ3) is 1.99. The first kappa shape index (κ1) is 13.6. The van der Waals surface area contributed by atoms with Gasteiger partial charge < -0.3 is 5.32 Å². The van der Waals surface area contributed by atoms with Crippen LogP contribution < -0.4 is 5.32 Å². The highest BCUT2D eigenvalue weighted by Crippen LogP contribution is 2.68. The molecule has 0 aromatic carbocycles. The fourth-order valence-electron chi connectivity index (χ4n) is 6.37. The predicted molar refractivity (Wildman–Crippen MR) is 86.4 cm³/mol. The molecule has 20 heavy (non-hydrogen) atoms. The number of hydrogen-bond acceptors (Lipinski definition) is 2. The second kappa shape index (κ2) is 4.47. The Kier molecular flexibility index (Phi) is 3.04. The molecule has 4 saturated carbocycles. The van der Waals surface area contributed by atoms with Gasteiger partial charge in [0, 0.05) is 10.9 Å². The van der Waals surface area contributed by atoms with E-state index < -0.39 is 0 Å². The summed E-state index contributed by atoms with van der Waals surface area (Å²) in [7, 11) is 2.14. The van der Waals surface area contributed by atoms with Crippen molar-refractivity contribution in [2.75, 3.05) is 7.05 Å². The number of halogens is 1. The van der Waals surface area contributed by atoms with E-state index in [0.29, 0.717) is 16.9 Å². The summed E-state index contributed by atoms with van der Waals surface area (Å²) in [6, 6.07) is 4.81. The van der Waals surface area contributed by atoms with Crippen LogP contribution >= 0.6 is 22.9 Å². The van der Waals surface area contributed by atoms with Crippen molar-refractivity contribution in [3.8, 4) is 0 Å². The average Bonchev–Trinajstić information content (AvgIpc) is 2.72. The predicted octanol–water partition coefficient (Wildman–Crippen LogP) is 5.27. The van der Waals surface area contributed by atoms with E-state index in [1.54, 1.807) is 11.3 Å². The van der Waals surface area contributed by atoms with E-state index in [-0.39, 0.29) is 0 Å². The maximum absolute atomic E-state index is 6.19. The molecule has 3 atom stereocenters. The Labute approximate surface area is 131 Å². The lowest BCUT2D eigenvalue weighted by atomic mass is 9.43. The third-order valence-corrected chi connectivity index (χ3v) is 7.47. The number of rotatable bonds is 3. The van der Waals surface area contributed by atoms with Crippen LogP contribution in [-0.2, 0) is 0 Å². The van der Waals surface area contributed by atoms with E-state index in [4.69, 9.17) is 11.6 Å². The summed E-state index contributed by atoms with van der Waals surface area (Å²) < 4.78 is 0.927. The van der Waals surface area contributed by atoms with Gasteiger partial charge in [-0.25, -0.2) is 0 Å². The molecular weight excluding hydrogens is 286 g/mol. The smallest absolute Gasteiger partial charge is 0.0931 e. The van der Waals surface area contributed by atoms with Crippen molar-refractivity contribution in [1.82, 2.24) is 5.32 Å². The summed E-state index contributed by atoms with van der Waals surface area (Å²) in [6.07, 6.45) is 8.73. The molecule has 3 unspecified atom stereocenters. The molecule has 0 amide bonds. The van der Waals surface area contributed by atoms with Crippen molar-refractivity contribution < 1.29 is 0 Å². The van der Waals surface area contributed by atoms with Crippen LogP contribution in [0, 0.1) is 22.7 Å². The monoisotopic (exact) mass is 309 g/mol. The van der Waals surface area contributed by atoms with E-state index >= 15 is 0 Å². The lowest BCUT2D eigenvalue weighted by Gasteiger charge is -2.63. The topological polar surface area (TPSA) is 12.0 Å². The van der Waals surface area contributed by atoms with Gasteiger partial charge in [-0.15, -0.1) is 11.3 Å². The van der Waals surface area contributed by atoms with Crippen LogP contribution in [0.4, 0.5) is 0 Å². The first-order valence-corrected chi connectivity index (χ1v) is 9.14. The van der Waals surface area contributed by atoms with Gasteiger partial charge >= 0.3 is 0 Å². The molecule has 1 nitrogen and oxygen atoms in total. The van der Waals surface area contributed by atoms with Crippen molar-refractivity contribution in [2.45, 2.75) is 51.5 Å². The minimum Gasteiger partial charge on any atom is -0.312 e. The summed E-state index contributed by atoms with van der Waals surface area (Å²) in [5, 5.41) is 3.66. The van der Waals surface area contributed by atoms with Crippen molar-refractivity contribution >= 4 is 22.9 Å².